The summed E-state index contributed by atoms with van der Waals surface area (Å²) in [5.41, 5.74) is -3.71. The average molecular weight is 324 g/mol. The molecule has 106 valence electrons. The van der Waals surface area contributed by atoms with Crippen molar-refractivity contribution in [2.24, 2.45) is 0 Å². The number of hydrogen-bond acceptors (Lipinski definition) is 2. The van der Waals surface area contributed by atoms with E-state index < -0.39 is 40.9 Å². The minimum absolute atomic E-state index is 0. The van der Waals surface area contributed by atoms with Crippen molar-refractivity contribution in [3.63, 3.8) is 0 Å². The van der Waals surface area contributed by atoms with Gasteiger partial charge in [-0.05, 0) is 23.8 Å². The molecule has 1 aromatic carbocycles. The van der Waals surface area contributed by atoms with E-state index in [1.165, 1.54) is 0 Å². The van der Waals surface area contributed by atoms with Crippen LogP contribution in [0.4, 0.5) is 26.3 Å². The number of benzene rings is 1. The second-order valence-electron chi connectivity index (χ2n) is 3.88. The first-order valence-corrected chi connectivity index (χ1v) is 4.93. The molecule has 2 nitrogen and oxygen atoms in total. The number of alkyl halides is 6. The molecule has 0 amide bonds. The molecule has 0 saturated carbocycles. The fourth-order valence-corrected chi connectivity index (χ4v) is 1.37. The Morgan fingerprint density at radius 3 is 1.60 bits per heavy atom. The van der Waals surface area contributed by atoms with Crippen molar-refractivity contribution in [3.8, 4) is 0 Å². The summed E-state index contributed by atoms with van der Waals surface area (Å²) in [6.07, 6.45) is -10.00. The van der Waals surface area contributed by atoms with Crippen LogP contribution in [0.1, 0.15) is 29.5 Å². The average Bonchev–Trinajstić information content (AvgIpc) is 2.24. The normalized spacial score (nSPS) is 13.6. The first-order valence-electron chi connectivity index (χ1n) is 4.93. The van der Waals surface area contributed by atoms with Crippen LogP contribution in [0.3, 0.4) is 0 Å². The molecule has 1 atom stereocenters. The summed E-state index contributed by atoms with van der Waals surface area (Å²) in [5.74, 6) is -3.34. The van der Waals surface area contributed by atoms with Crippen LogP contribution in [0.5, 0.6) is 0 Å². The van der Waals surface area contributed by atoms with E-state index in [1.54, 1.807) is 0 Å². The Kier molecular flexibility index (Phi) is 6.75. The van der Waals surface area contributed by atoms with Gasteiger partial charge in [0, 0.05) is 11.9 Å². The van der Waals surface area contributed by atoms with Gasteiger partial charge in [-0.25, -0.2) is 0 Å². The van der Waals surface area contributed by atoms with Crippen molar-refractivity contribution in [2.75, 3.05) is 0 Å². The molecule has 1 unspecified atom stereocenters. The van der Waals surface area contributed by atoms with Gasteiger partial charge in [0.05, 0.1) is 11.1 Å². The molecule has 20 heavy (non-hydrogen) atoms. The van der Waals surface area contributed by atoms with Crippen molar-refractivity contribution in [1.29, 1.82) is 0 Å². The van der Waals surface area contributed by atoms with Gasteiger partial charge in [0.15, 0.2) is 0 Å². The smallest absolute Gasteiger partial charge is 0.550 e. The van der Waals surface area contributed by atoms with E-state index in [0.717, 1.165) is 6.92 Å². The summed E-state index contributed by atoms with van der Waals surface area (Å²) < 4.78 is 74.8. The number of carboxylic acids is 1. The predicted molar refractivity (Wildman–Crippen MR) is 49.9 cm³/mol. The molecule has 0 aromatic heterocycles. The van der Waals surface area contributed by atoms with Gasteiger partial charge in [-0.2, -0.15) is 26.3 Å². The molecule has 1 aromatic rings. The van der Waals surface area contributed by atoms with Gasteiger partial charge in [0.25, 0.3) is 0 Å². The van der Waals surface area contributed by atoms with Crippen molar-refractivity contribution in [3.05, 3.63) is 34.9 Å². The van der Waals surface area contributed by atoms with Gasteiger partial charge in [-0.3, -0.25) is 0 Å². The summed E-state index contributed by atoms with van der Waals surface area (Å²) in [6.45, 7) is 0.949. The van der Waals surface area contributed by atoms with Gasteiger partial charge in [-0.15, -0.1) is 0 Å². The van der Waals surface area contributed by atoms with Crippen LogP contribution in [0, 0.1) is 0 Å². The minimum Gasteiger partial charge on any atom is -0.550 e. The molecule has 9 heteroatoms. The molecule has 0 saturated heterocycles. The molecule has 0 N–H and O–H groups in total. The van der Waals surface area contributed by atoms with Gasteiger partial charge < -0.3 is 9.90 Å². The standard InChI is InChI=1S/C11H8F6O2.K/c1-5(9(18)19)6-2-7(10(12,13)14)4-8(3-6)11(15,16)17;/h2-5H,1H3,(H,18,19);/q;+1/p-1. The molecule has 0 aliphatic heterocycles. The van der Waals surface area contributed by atoms with Gasteiger partial charge >= 0.3 is 63.7 Å². The molecular weight excluding hydrogens is 317 g/mol. The maximum Gasteiger partial charge on any atom is 1.00 e. The van der Waals surface area contributed by atoms with Crippen molar-refractivity contribution in [1.82, 2.24) is 0 Å². The number of carboxylic acid groups (broad SMARTS) is 1. The zero-order chi connectivity index (χ0) is 15.0. The summed E-state index contributed by atoms with van der Waals surface area (Å²) >= 11 is 0. The van der Waals surface area contributed by atoms with E-state index in [2.05, 4.69) is 0 Å². The number of carbonyl (C=O) groups is 1. The van der Waals surface area contributed by atoms with E-state index >= 15 is 0 Å². The maximum absolute atomic E-state index is 12.5. The maximum atomic E-state index is 12.5. The largest absolute Gasteiger partial charge is 1.00 e. The van der Waals surface area contributed by atoms with Crippen LogP contribution < -0.4 is 56.5 Å². The first-order chi connectivity index (χ1) is 8.43. The fourth-order valence-electron chi connectivity index (χ4n) is 1.37. The molecule has 0 aliphatic carbocycles. The van der Waals surface area contributed by atoms with E-state index in [4.69, 9.17) is 0 Å². The Labute approximate surface area is 152 Å². The van der Waals surface area contributed by atoms with Crippen LogP contribution in [0.2, 0.25) is 0 Å². The molecule has 0 fully saturated rings. The van der Waals surface area contributed by atoms with E-state index in [1.807, 2.05) is 0 Å². The first kappa shape index (κ1) is 19.9. The van der Waals surface area contributed by atoms with Crippen molar-refractivity contribution >= 4 is 5.97 Å². The fraction of sp³-hybridized carbons (Fsp3) is 0.364. The van der Waals surface area contributed by atoms with Crippen molar-refractivity contribution < 1.29 is 87.6 Å². The van der Waals surface area contributed by atoms with Crippen LogP contribution in [0.15, 0.2) is 18.2 Å². The Bertz CT molecular complexity index is 462. The molecule has 0 radical (unpaired) electrons. The van der Waals surface area contributed by atoms with Gasteiger partial charge in [0.2, 0.25) is 0 Å². The van der Waals surface area contributed by atoms with Crippen molar-refractivity contribution in [2.45, 2.75) is 25.2 Å². The third-order valence-electron chi connectivity index (χ3n) is 2.46. The minimum atomic E-state index is -5.00. The Hall–Kier alpha value is -0.0936. The van der Waals surface area contributed by atoms with Gasteiger partial charge in [-0.1, -0.05) is 6.92 Å². The number of rotatable bonds is 2. The monoisotopic (exact) mass is 324 g/mol. The number of carbonyl (C=O) groups excluding carboxylic acids is 1. The van der Waals surface area contributed by atoms with E-state index in [-0.39, 0.29) is 57.5 Å². The van der Waals surface area contributed by atoms with Crippen LogP contribution in [0.25, 0.3) is 0 Å². The Morgan fingerprint density at radius 1 is 1.00 bits per heavy atom. The van der Waals surface area contributed by atoms with Crippen LogP contribution in [-0.2, 0) is 17.1 Å². The van der Waals surface area contributed by atoms with E-state index in [9.17, 15) is 36.2 Å². The summed E-state index contributed by atoms with van der Waals surface area (Å²) in [5, 5.41) is 10.5. The van der Waals surface area contributed by atoms with Crippen LogP contribution >= 0.6 is 0 Å². The molecule has 0 heterocycles. The molecule has 0 bridgehead atoms. The Morgan fingerprint density at radius 2 is 1.35 bits per heavy atom. The third-order valence-corrected chi connectivity index (χ3v) is 2.46. The van der Waals surface area contributed by atoms with E-state index in [0.29, 0.717) is 12.1 Å². The summed E-state index contributed by atoms with van der Waals surface area (Å²) in [6, 6.07) is 0.677. The number of aliphatic carboxylic acids is 1. The zero-order valence-corrected chi connectivity index (χ0v) is 13.5. The predicted octanol–water partition coefficient (Wildman–Crippen LogP) is -0.418. The molecule has 0 aliphatic rings. The second kappa shape index (κ2) is 6.78. The number of hydrogen-bond donors (Lipinski definition) is 0. The molecule has 1 rings (SSSR count). The number of halogens is 6. The van der Waals surface area contributed by atoms with Gasteiger partial charge in [0.1, 0.15) is 0 Å². The topological polar surface area (TPSA) is 40.1 Å². The SMILES string of the molecule is CC(C(=O)[O-])c1cc(C(F)(F)F)cc(C(F)(F)F)c1.[K+]. The quantitative estimate of drug-likeness (QED) is 0.548. The summed E-state index contributed by atoms with van der Waals surface area (Å²) in [7, 11) is 0. The third kappa shape index (κ3) is 5.03. The zero-order valence-electron chi connectivity index (χ0n) is 10.4. The molecular formula is C11H7F6KO2. The summed E-state index contributed by atoms with van der Waals surface area (Å²) in [4.78, 5) is 10.5. The second-order valence-corrected chi connectivity index (χ2v) is 3.88. The molecule has 0 spiro atoms. The van der Waals surface area contributed by atoms with Crippen LogP contribution in [-0.4, -0.2) is 5.97 Å². The Balaban J connectivity index is 0.00000361.